The molecule has 0 N–H and O–H groups in total. The van der Waals surface area contributed by atoms with Crippen molar-refractivity contribution >= 4 is 20.1 Å². The molecule has 0 amide bonds. The summed E-state index contributed by atoms with van der Waals surface area (Å²) in [6.45, 7) is 5.78. The molecule has 2 atom stereocenters. The van der Waals surface area contributed by atoms with Gasteiger partial charge in [-0.2, -0.15) is 12.7 Å². The van der Waals surface area contributed by atoms with Crippen LogP contribution in [0.2, 0.25) is 0 Å². The lowest BCUT2D eigenvalue weighted by atomic mass is 10.1. The van der Waals surface area contributed by atoms with Gasteiger partial charge in [-0.25, -0.2) is 8.42 Å². The van der Waals surface area contributed by atoms with Crippen LogP contribution in [0, 0.1) is 13.8 Å². The van der Waals surface area contributed by atoms with Gasteiger partial charge in [0.05, 0.1) is 22.4 Å². The van der Waals surface area contributed by atoms with Crippen LogP contribution in [0.4, 0.5) is 0 Å². The molecule has 34 heavy (non-hydrogen) atoms. The quantitative estimate of drug-likeness (QED) is 0.276. The lowest BCUT2D eigenvalue weighted by molar-refractivity contribution is 0.213. The fourth-order valence-corrected chi connectivity index (χ4v) is 7.34. The minimum atomic E-state index is -3.97. The molecule has 0 spiro atoms. The van der Waals surface area contributed by atoms with Crippen LogP contribution in [0.5, 0.6) is 0 Å². The van der Waals surface area contributed by atoms with Gasteiger partial charge in [0.2, 0.25) is 10.0 Å². The Bertz CT molecular complexity index is 1130. The first-order valence-electron chi connectivity index (χ1n) is 12.2. The first-order valence-corrected chi connectivity index (χ1v) is 15.1. The third-order valence-electron chi connectivity index (χ3n) is 6.52. The van der Waals surface area contributed by atoms with E-state index in [9.17, 15) is 16.8 Å². The Hall–Kier alpha value is -1.74. The minimum Gasteiger partial charge on any atom is -0.265 e. The molecule has 1 fully saturated rings. The third-order valence-corrected chi connectivity index (χ3v) is 9.83. The van der Waals surface area contributed by atoms with E-state index in [4.69, 9.17) is 4.18 Å². The fraction of sp³-hybridized carbons (Fsp3) is 0.538. The highest BCUT2D eigenvalue weighted by Gasteiger charge is 2.42. The Labute approximate surface area is 205 Å². The van der Waals surface area contributed by atoms with Crippen molar-refractivity contribution in [2.75, 3.05) is 6.61 Å². The molecule has 6 nitrogen and oxygen atoms in total. The third kappa shape index (κ3) is 6.68. The number of nitrogens with zero attached hydrogens (tertiary/aromatic N) is 1. The molecule has 1 unspecified atom stereocenters. The summed E-state index contributed by atoms with van der Waals surface area (Å²) in [7, 11) is -7.75. The van der Waals surface area contributed by atoms with E-state index in [2.05, 4.69) is 6.92 Å². The molecule has 0 aromatic heterocycles. The summed E-state index contributed by atoms with van der Waals surface area (Å²) in [6, 6.07) is 12.6. The van der Waals surface area contributed by atoms with E-state index in [1.165, 1.54) is 22.9 Å². The zero-order valence-corrected chi connectivity index (χ0v) is 22.1. The summed E-state index contributed by atoms with van der Waals surface area (Å²) in [5.74, 6) is 0. The Kier molecular flexibility index (Phi) is 9.32. The van der Waals surface area contributed by atoms with Crippen molar-refractivity contribution < 1.29 is 21.0 Å². The fourth-order valence-electron chi connectivity index (χ4n) is 4.51. The van der Waals surface area contributed by atoms with Gasteiger partial charge >= 0.3 is 0 Å². The number of hydrogen-bond acceptors (Lipinski definition) is 5. The average Bonchev–Trinajstić information content (AvgIpc) is 3.22. The molecule has 1 heterocycles. The monoisotopic (exact) mass is 507 g/mol. The Morgan fingerprint density at radius 3 is 1.88 bits per heavy atom. The highest BCUT2D eigenvalue weighted by Crippen LogP contribution is 2.34. The highest BCUT2D eigenvalue weighted by molar-refractivity contribution is 7.89. The van der Waals surface area contributed by atoms with Gasteiger partial charge < -0.3 is 0 Å². The van der Waals surface area contributed by atoms with Crippen molar-refractivity contribution in [3.05, 3.63) is 59.7 Å². The first-order chi connectivity index (χ1) is 16.1. The Morgan fingerprint density at radius 2 is 1.29 bits per heavy atom. The summed E-state index contributed by atoms with van der Waals surface area (Å²) in [5, 5.41) is 0. The maximum atomic E-state index is 13.7. The molecule has 188 valence electrons. The zero-order valence-electron chi connectivity index (χ0n) is 20.4. The maximum absolute atomic E-state index is 13.7. The van der Waals surface area contributed by atoms with Crippen LogP contribution in [0.15, 0.2) is 58.3 Å². The van der Waals surface area contributed by atoms with Gasteiger partial charge in [0, 0.05) is 6.04 Å². The lowest BCUT2D eigenvalue weighted by Gasteiger charge is -2.29. The van der Waals surface area contributed by atoms with Gasteiger partial charge in [-0.05, 0) is 57.4 Å². The van der Waals surface area contributed by atoms with Crippen molar-refractivity contribution in [2.45, 2.75) is 94.0 Å². The van der Waals surface area contributed by atoms with Gasteiger partial charge in [0.15, 0.2) is 0 Å². The molecule has 3 rings (SSSR count). The number of rotatable bonds is 12. The van der Waals surface area contributed by atoms with E-state index in [0.29, 0.717) is 12.8 Å². The second-order valence-corrected chi connectivity index (χ2v) is 12.7. The topological polar surface area (TPSA) is 80.8 Å². The number of unbranched alkanes of at least 4 members (excludes halogenated alkanes) is 4. The van der Waals surface area contributed by atoms with E-state index in [-0.39, 0.29) is 22.4 Å². The molecule has 8 heteroatoms. The average molecular weight is 508 g/mol. The molecule has 1 aliphatic heterocycles. The second-order valence-electron chi connectivity index (χ2n) is 9.29. The van der Waals surface area contributed by atoms with Crippen LogP contribution in [0.1, 0.15) is 69.4 Å². The van der Waals surface area contributed by atoms with Crippen molar-refractivity contribution in [3.8, 4) is 0 Å². The summed E-state index contributed by atoms with van der Waals surface area (Å²) in [6.07, 6.45) is 7.58. The lowest BCUT2D eigenvalue weighted by Crippen LogP contribution is -2.43. The summed E-state index contributed by atoms with van der Waals surface area (Å²) in [4.78, 5) is 0.318. The Balaban J connectivity index is 1.78. The van der Waals surface area contributed by atoms with Crippen molar-refractivity contribution in [2.24, 2.45) is 0 Å². The smallest absolute Gasteiger partial charge is 0.265 e. The zero-order chi connectivity index (χ0) is 24.8. The van der Waals surface area contributed by atoms with Gasteiger partial charge in [0.25, 0.3) is 10.1 Å². The molecule has 0 aliphatic carbocycles. The van der Waals surface area contributed by atoms with Crippen LogP contribution in [-0.4, -0.2) is 39.8 Å². The predicted octanol–water partition coefficient (Wildman–Crippen LogP) is 5.59. The SMILES string of the molecule is CCCCCCCC1CC[C@@H](COS(=O)(=O)c2ccc(C)cc2)N1S(=O)(=O)c1ccc(C)cc1. The van der Waals surface area contributed by atoms with Gasteiger partial charge in [-0.1, -0.05) is 74.4 Å². The van der Waals surface area contributed by atoms with Crippen LogP contribution in [0.3, 0.4) is 0 Å². The molecular formula is C26H37NO5S2. The molecular weight excluding hydrogens is 470 g/mol. The maximum Gasteiger partial charge on any atom is 0.297 e. The van der Waals surface area contributed by atoms with Crippen LogP contribution in [0.25, 0.3) is 0 Å². The number of sulfonamides is 1. The van der Waals surface area contributed by atoms with E-state index in [1.807, 2.05) is 13.8 Å². The molecule has 0 bridgehead atoms. The predicted molar refractivity (Wildman–Crippen MR) is 135 cm³/mol. The number of benzene rings is 2. The second kappa shape index (κ2) is 11.8. The van der Waals surface area contributed by atoms with Crippen LogP contribution < -0.4 is 0 Å². The minimum absolute atomic E-state index is 0.0801. The van der Waals surface area contributed by atoms with Crippen molar-refractivity contribution in [1.82, 2.24) is 4.31 Å². The molecule has 0 saturated carbocycles. The van der Waals surface area contributed by atoms with Crippen LogP contribution in [-0.2, 0) is 24.3 Å². The summed E-state index contributed by atoms with van der Waals surface area (Å²) >= 11 is 0. The largest absolute Gasteiger partial charge is 0.297 e. The van der Waals surface area contributed by atoms with Gasteiger partial charge in [0.1, 0.15) is 0 Å². The summed E-state index contributed by atoms with van der Waals surface area (Å²) in [5.41, 5.74) is 1.93. The van der Waals surface area contributed by atoms with Gasteiger partial charge in [-0.3, -0.25) is 4.18 Å². The van der Waals surface area contributed by atoms with Crippen LogP contribution >= 0.6 is 0 Å². The summed E-state index contributed by atoms with van der Waals surface area (Å²) < 4.78 is 59.7. The molecule has 1 aliphatic rings. The van der Waals surface area contributed by atoms with E-state index < -0.39 is 26.2 Å². The van der Waals surface area contributed by atoms with E-state index in [1.54, 1.807) is 36.4 Å². The molecule has 1 saturated heterocycles. The molecule has 2 aromatic carbocycles. The van der Waals surface area contributed by atoms with Gasteiger partial charge in [-0.15, -0.1) is 0 Å². The Morgan fingerprint density at radius 1 is 0.765 bits per heavy atom. The molecule has 2 aromatic rings. The van der Waals surface area contributed by atoms with E-state index in [0.717, 1.165) is 43.2 Å². The first kappa shape index (κ1) is 26.9. The van der Waals surface area contributed by atoms with E-state index >= 15 is 0 Å². The van der Waals surface area contributed by atoms with Crippen molar-refractivity contribution in [3.63, 3.8) is 0 Å². The normalized spacial score (nSPS) is 19.5. The number of hydrogen-bond donors (Lipinski definition) is 0. The van der Waals surface area contributed by atoms with Crippen molar-refractivity contribution in [1.29, 1.82) is 0 Å². The highest BCUT2D eigenvalue weighted by atomic mass is 32.2. The molecule has 0 radical (unpaired) electrons. The standard InChI is InChI=1S/C26H37NO5S2/c1-4-5-6-7-8-9-23-14-15-24(20-32-34(30,31)26-18-12-22(3)13-19-26)27(23)33(28,29)25-16-10-21(2)11-17-25/h10-13,16-19,23-24H,4-9,14-15,20H2,1-3H3/t23?,24-/m0/s1. The number of aryl methyl sites for hydroxylation is 2.